The third-order valence-electron chi connectivity index (χ3n) is 2.76. The molecule has 21 heavy (non-hydrogen) atoms. The Hall–Kier alpha value is -2.60. The van der Waals surface area contributed by atoms with Gasteiger partial charge in [-0.15, -0.1) is 0 Å². The van der Waals surface area contributed by atoms with Crippen molar-refractivity contribution in [1.29, 1.82) is 0 Å². The van der Waals surface area contributed by atoms with Gasteiger partial charge in [0.15, 0.2) is 5.78 Å². The smallest absolute Gasteiger partial charge is 0.338 e. The van der Waals surface area contributed by atoms with E-state index in [1.807, 2.05) is 0 Å². The van der Waals surface area contributed by atoms with E-state index in [1.165, 1.54) is 24.5 Å². The molecule has 0 aromatic carbocycles. The Morgan fingerprint density at radius 2 is 1.67 bits per heavy atom. The zero-order valence-electron chi connectivity index (χ0n) is 11.4. The van der Waals surface area contributed by atoms with Crippen LogP contribution in [0.5, 0.6) is 0 Å². The molecular formula is C15H14N2O4. The van der Waals surface area contributed by atoms with Crippen LogP contribution in [-0.4, -0.2) is 40.0 Å². The molecular weight excluding hydrogens is 272 g/mol. The standard InChI is InChI=1S/C15H14N2O4/c1-2-21-15(20)11-4-6-17-13(8-11)12-7-10(3-5-16-12)14(19)9-18/h3-8,18H,2,9H2,1H3. The highest BCUT2D eigenvalue weighted by Gasteiger charge is 2.11. The molecule has 0 aliphatic carbocycles. The largest absolute Gasteiger partial charge is 0.462 e. The summed E-state index contributed by atoms with van der Waals surface area (Å²) in [5.74, 6) is -0.844. The number of aliphatic hydroxyl groups is 1. The lowest BCUT2D eigenvalue weighted by atomic mass is 10.1. The Kier molecular flexibility index (Phi) is 4.73. The molecule has 0 fully saturated rings. The third kappa shape index (κ3) is 3.49. The topological polar surface area (TPSA) is 89.4 Å². The van der Waals surface area contributed by atoms with E-state index in [1.54, 1.807) is 19.1 Å². The minimum Gasteiger partial charge on any atom is -0.462 e. The first-order valence-corrected chi connectivity index (χ1v) is 6.39. The SMILES string of the molecule is CCOC(=O)c1ccnc(-c2cc(C(=O)CO)ccn2)c1. The number of hydrogen-bond acceptors (Lipinski definition) is 6. The van der Waals surface area contributed by atoms with Crippen molar-refractivity contribution in [3.05, 3.63) is 47.8 Å². The van der Waals surface area contributed by atoms with Gasteiger partial charge in [0.25, 0.3) is 0 Å². The number of aliphatic hydroxyl groups excluding tert-OH is 1. The fraction of sp³-hybridized carbons (Fsp3) is 0.200. The second kappa shape index (κ2) is 6.71. The quantitative estimate of drug-likeness (QED) is 0.661. The number of esters is 1. The van der Waals surface area contributed by atoms with Gasteiger partial charge in [0.1, 0.15) is 6.61 Å². The third-order valence-corrected chi connectivity index (χ3v) is 2.76. The van der Waals surface area contributed by atoms with Crippen molar-refractivity contribution in [2.24, 2.45) is 0 Å². The van der Waals surface area contributed by atoms with Crippen molar-refractivity contribution in [1.82, 2.24) is 9.97 Å². The van der Waals surface area contributed by atoms with Crippen molar-refractivity contribution in [2.75, 3.05) is 13.2 Å². The van der Waals surface area contributed by atoms with E-state index >= 15 is 0 Å². The van der Waals surface area contributed by atoms with Crippen LogP contribution in [0.15, 0.2) is 36.7 Å². The summed E-state index contributed by atoms with van der Waals surface area (Å²) in [6, 6.07) is 6.13. The summed E-state index contributed by atoms with van der Waals surface area (Å²) in [6.07, 6.45) is 2.93. The molecule has 0 bridgehead atoms. The summed E-state index contributed by atoms with van der Waals surface area (Å²) in [4.78, 5) is 31.4. The fourth-order valence-electron chi connectivity index (χ4n) is 1.75. The molecule has 0 spiro atoms. The van der Waals surface area contributed by atoms with Crippen LogP contribution in [0, 0.1) is 0 Å². The Labute approximate surface area is 121 Å². The Bertz CT molecular complexity index is 670. The molecule has 0 unspecified atom stereocenters. The van der Waals surface area contributed by atoms with Crippen LogP contribution in [0.1, 0.15) is 27.6 Å². The van der Waals surface area contributed by atoms with Crippen LogP contribution in [0.4, 0.5) is 0 Å². The number of hydrogen-bond donors (Lipinski definition) is 1. The summed E-state index contributed by atoms with van der Waals surface area (Å²) in [7, 11) is 0. The lowest BCUT2D eigenvalue weighted by Crippen LogP contribution is -2.06. The molecule has 2 aromatic heterocycles. The maximum absolute atomic E-state index is 11.7. The van der Waals surface area contributed by atoms with E-state index in [-0.39, 0.29) is 6.61 Å². The van der Waals surface area contributed by atoms with Gasteiger partial charge >= 0.3 is 5.97 Å². The highest BCUT2D eigenvalue weighted by atomic mass is 16.5. The first-order valence-electron chi connectivity index (χ1n) is 6.39. The molecule has 0 atom stereocenters. The molecule has 0 aliphatic rings. The number of ether oxygens (including phenoxy) is 1. The van der Waals surface area contributed by atoms with E-state index < -0.39 is 18.4 Å². The predicted molar refractivity (Wildman–Crippen MR) is 74.8 cm³/mol. The predicted octanol–water partition coefficient (Wildman–Crippen LogP) is 1.50. The fourth-order valence-corrected chi connectivity index (χ4v) is 1.75. The van der Waals surface area contributed by atoms with E-state index in [0.717, 1.165) is 0 Å². The molecule has 0 amide bonds. The van der Waals surface area contributed by atoms with Crippen LogP contribution in [-0.2, 0) is 4.74 Å². The number of carbonyl (C=O) groups is 2. The maximum atomic E-state index is 11.7. The highest BCUT2D eigenvalue weighted by Crippen LogP contribution is 2.17. The van der Waals surface area contributed by atoms with Crippen molar-refractivity contribution in [3.8, 4) is 11.4 Å². The van der Waals surface area contributed by atoms with Crippen molar-refractivity contribution in [2.45, 2.75) is 6.92 Å². The Balaban J connectivity index is 2.36. The monoisotopic (exact) mass is 286 g/mol. The van der Waals surface area contributed by atoms with E-state index in [2.05, 4.69) is 9.97 Å². The van der Waals surface area contributed by atoms with Gasteiger partial charge in [-0.05, 0) is 31.2 Å². The summed E-state index contributed by atoms with van der Waals surface area (Å²) >= 11 is 0. The minimum atomic E-state index is -0.570. The van der Waals surface area contributed by atoms with Crippen LogP contribution in [0.2, 0.25) is 0 Å². The second-order valence-corrected chi connectivity index (χ2v) is 4.16. The average molecular weight is 286 g/mol. The minimum absolute atomic E-state index is 0.287. The second-order valence-electron chi connectivity index (χ2n) is 4.16. The van der Waals surface area contributed by atoms with Crippen LogP contribution >= 0.6 is 0 Å². The first-order chi connectivity index (χ1) is 10.2. The summed E-state index contributed by atoms with van der Waals surface area (Å²) in [5.41, 5.74) is 1.60. The molecule has 6 heteroatoms. The Morgan fingerprint density at radius 1 is 1.10 bits per heavy atom. The zero-order chi connectivity index (χ0) is 15.2. The maximum Gasteiger partial charge on any atom is 0.338 e. The number of rotatable bonds is 5. The lowest BCUT2D eigenvalue weighted by molar-refractivity contribution is 0.0526. The molecule has 1 N–H and O–H groups in total. The Morgan fingerprint density at radius 3 is 2.24 bits per heavy atom. The number of Topliss-reactive ketones (excluding diaryl/α,β-unsaturated/α-hetero) is 1. The van der Waals surface area contributed by atoms with E-state index in [9.17, 15) is 9.59 Å². The van der Waals surface area contributed by atoms with Crippen LogP contribution in [0.3, 0.4) is 0 Å². The number of ketones is 1. The summed E-state index contributed by atoms with van der Waals surface area (Å²) in [6.45, 7) is 1.44. The highest BCUT2D eigenvalue weighted by molar-refractivity contribution is 5.97. The molecule has 0 saturated heterocycles. The van der Waals surface area contributed by atoms with Crippen molar-refractivity contribution < 1.29 is 19.4 Å². The summed E-state index contributed by atoms with van der Waals surface area (Å²) < 4.78 is 4.92. The molecule has 2 rings (SSSR count). The summed E-state index contributed by atoms with van der Waals surface area (Å²) in [5, 5.41) is 8.88. The van der Waals surface area contributed by atoms with Crippen LogP contribution in [0.25, 0.3) is 11.4 Å². The van der Waals surface area contributed by atoms with Gasteiger partial charge < -0.3 is 9.84 Å². The molecule has 108 valence electrons. The molecule has 2 aromatic rings. The van der Waals surface area contributed by atoms with Gasteiger partial charge in [0.05, 0.1) is 23.6 Å². The van der Waals surface area contributed by atoms with Crippen molar-refractivity contribution in [3.63, 3.8) is 0 Å². The van der Waals surface area contributed by atoms with Gasteiger partial charge in [0, 0.05) is 18.0 Å². The molecule has 0 aliphatic heterocycles. The lowest BCUT2D eigenvalue weighted by Gasteiger charge is -2.05. The van der Waals surface area contributed by atoms with Gasteiger partial charge in [-0.25, -0.2) is 4.79 Å². The van der Waals surface area contributed by atoms with Gasteiger partial charge in [-0.3, -0.25) is 14.8 Å². The molecule has 0 saturated carbocycles. The van der Waals surface area contributed by atoms with Crippen molar-refractivity contribution >= 4 is 11.8 Å². The number of carbonyl (C=O) groups excluding carboxylic acids is 2. The van der Waals surface area contributed by atoms with E-state index in [0.29, 0.717) is 22.5 Å². The van der Waals surface area contributed by atoms with E-state index in [4.69, 9.17) is 9.84 Å². The van der Waals surface area contributed by atoms with Gasteiger partial charge in [-0.2, -0.15) is 0 Å². The van der Waals surface area contributed by atoms with Gasteiger partial charge in [-0.1, -0.05) is 0 Å². The normalized spacial score (nSPS) is 10.2. The van der Waals surface area contributed by atoms with Crippen LogP contribution < -0.4 is 0 Å². The molecule has 0 radical (unpaired) electrons. The molecule has 6 nitrogen and oxygen atoms in total. The van der Waals surface area contributed by atoms with Gasteiger partial charge in [0.2, 0.25) is 0 Å². The zero-order valence-corrected chi connectivity index (χ0v) is 11.4. The average Bonchev–Trinajstić information content (AvgIpc) is 2.54. The number of nitrogens with zero attached hydrogens (tertiary/aromatic N) is 2. The first kappa shape index (κ1) is 14.8. The number of pyridine rings is 2. The molecule has 2 heterocycles. The number of aromatic nitrogens is 2.